The van der Waals surface area contributed by atoms with Crippen LogP contribution in [0.15, 0.2) is 46.9 Å². The number of hydrogen-bond acceptors (Lipinski definition) is 1. The molecule has 0 aliphatic carbocycles. The summed E-state index contributed by atoms with van der Waals surface area (Å²) in [7, 11) is 0. The van der Waals surface area contributed by atoms with Crippen LogP contribution in [0.4, 0.5) is 0 Å². The first-order valence-corrected chi connectivity index (χ1v) is 7.68. The molecular formula is C16H14BrClN2. The van der Waals surface area contributed by atoms with Crippen LogP contribution in [-0.2, 0) is 0 Å². The van der Waals surface area contributed by atoms with Crippen LogP contribution in [0.5, 0.6) is 0 Å². The van der Waals surface area contributed by atoms with Crippen molar-refractivity contribution in [3.8, 4) is 5.69 Å². The summed E-state index contributed by atoms with van der Waals surface area (Å²) in [6.07, 6.45) is 0. The fraction of sp³-hybridized carbons (Fsp3) is 0.188. The fourth-order valence-electron chi connectivity index (χ4n) is 2.30. The highest BCUT2D eigenvalue weighted by atomic mass is 79.9. The molecule has 0 aliphatic heterocycles. The van der Waals surface area contributed by atoms with Gasteiger partial charge < -0.3 is 0 Å². The molecular weight excluding hydrogens is 336 g/mol. The molecule has 1 unspecified atom stereocenters. The van der Waals surface area contributed by atoms with Gasteiger partial charge in [-0.1, -0.05) is 33.6 Å². The summed E-state index contributed by atoms with van der Waals surface area (Å²) in [4.78, 5) is 4.66. The van der Waals surface area contributed by atoms with E-state index in [2.05, 4.69) is 62.7 Å². The molecule has 1 atom stereocenters. The number of alkyl halides is 1. The summed E-state index contributed by atoms with van der Waals surface area (Å²) in [6, 6.07) is 14.5. The number of fused-ring (bicyclic) bond motifs is 1. The number of aromatic nitrogens is 2. The molecule has 4 heteroatoms. The summed E-state index contributed by atoms with van der Waals surface area (Å²) in [6.45, 7) is 4.03. The second-order valence-corrected chi connectivity index (χ2v) is 6.46. The Bertz CT molecular complexity index is 760. The Hall–Kier alpha value is -1.32. The number of nitrogens with zero attached hydrogens (tertiary/aromatic N) is 2. The van der Waals surface area contributed by atoms with Crippen LogP contribution in [0, 0.1) is 6.92 Å². The van der Waals surface area contributed by atoms with E-state index in [4.69, 9.17) is 11.6 Å². The molecule has 0 spiro atoms. The lowest BCUT2D eigenvalue weighted by Gasteiger charge is -2.11. The molecule has 1 aromatic heterocycles. The van der Waals surface area contributed by atoms with Crippen molar-refractivity contribution in [3.05, 3.63) is 58.3 Å². The van der Waals surface area contributed by atoms with Crippen molar-refractivity contribution in [1.82, 2.24) is 9.55 Å². The van der Waals surface area contributed by atoms with Gasteiger partial charge in [-0.15, -0.1) is 11.6 Å². The molecule has 102 valence electrons. The van der Waals surface area contributed by atoms with Gasteiger partial charge in [0.2, 0.25) is 0 Å². The SMILES string of the molecule is Cc1ccc(-n2c(C(C)Cl)nc3ccc(Br)cc32)cc1. The van der Waals surface area contributed by atoms with Crippen molar-refractivity contribution in [2.24, 2.45) is 0 Å². The van der Waals surface area contributed by atoms with E-state index in [0.29, 0.717) is 0 Å². The first kappa shape index (κ1) is 13.7. The van der Waals surface area contributed by atoms with Gasteiger partial charge in [-0.05, 0) is 44.2 Å². The maximum Gasteiger partial charge on any atom is 0.132 e. The summed E-state index contributed by atoms with van der Waals surface area (Å²) >= 11 is 9.83. The zero-order valence-electron chi connectivity index (χ0n) is 11.3. The average Bonchev–Trinajstić information content (AvgIpc) is 2.78. The smallest absolute Gasteiger partial charge is 0.132 e. The fourth-order valence-corrected chi connectivity index (χ4v) is 2.79. The molecule has 3 rings (SSSR count). The van der Waals surface area contributed by atoms with Gasteiger partial charge in [0.15, 0.2) is 0 Å². The van der Waals surface area contributed by atoms with E-state index < -0.39 is 0 Å². The van der Waals surface area contributed by atoms with E-state index in [0.717, 1.165) is 27.0 Å². The standard InChI is InChI=1S/C16H14BrClN2/c1-10-3-6-13(7-4-10)20-15-9-12(17)5-8-14(15)19-16(20)11(2)18/h3-9,11H,1-2H3. The van der Waals surface area contributed by atoms with Gasteiger partial charge in [0, 0.05) is 10.2 Å². The van der Waals surface area contributed by atoms with Gasteiger partial charge >= 0.3 is 0 Å². The minimum absolute atomic E-state index is 0.150. The molecule has 0 fully saturated rings. The Morgan fingerprint density at radius 2 is 1.85 bits per heavy atom. The molecule has 20 heavy (non-hydrogen) atoms. The summed E-state index contributed by atoms with van der Waals surface area (Å²) in [5, 5.41) is -0.150. The monoisotopic (exact) mass is 348 g/mol. The van der Waals surface area contributed by atoms with Crippen LogP contribution in [0.1, 0.15) is 23.7 Å². The molecule has 2 nitrogen and oxygen atoms in total. The Labute approximate surface area is 131 Å². The number of hydrogen-bond donors (Lipinski definition) is 0. The van der Waals surface area contributed by atoms with Gasteiger partial charge in [0.1, 0.15) is 5.82 Å². The summed E-state index contributed by atoms with van der Waals surface area (Å²) < 4.78 is 3.16. The molecule has 1 heterocycles. The quantitative estimate of drug-likeness (QED) is 0.567. The van der Waals surface area contributed by atoms with E-state index >= 15 is 0 Å². The van der Waals surface area contributed by atoms with Crippen molar-refractivity contribution in [2.45, 2.75) is 19.2 Å². The molecule has 0 aliphatic rings. The highest BCUT2D eigenvalue weighted by molar-refractivity contribution is 9.10. The topological polar surface area (TPSA) is 17.8 Å². The average molecular weight is 350 g/mol. The minimum atomic E-state index is -0.150. The van der Waals surface area contributed by atoms with Gasteiger partial charge in [0.25, 0.3) is 0 Å². The normalized spacial score (nSPS) is 12.8. The molecule has 3 aromatic rings. The van der Waals surface area contributed by atoms with Crippen LogP contribution in [0.3, 0.4) is 0 Å². The second-order valence-electron chi connectivity index (χ2n) is 4.89. The summed E-state index contributed by atoms with van der Waals surface area (Å²) in [5.41, 5.74) is 4.33. The van der Waals surface area contributed by atoms with Crippen molar-refractivity contribution in [1.29, 1.82) is 0 Å². The van der Waals surface area contributed by atoms with E-state index in [1.807, 2.05) is 19.1 Å². The van der Waals surface area contributed by atoms with Gasteiger partial charge in [-0.3, -0.25) is 4.57 Å². The zero-order valence-corrected chi connectivity index (χ0v) is 13.6. The zero-order chi connectivity index (χ0) is 14.3. The Kier molecular flexibility index (Phi) is 3.57. The molecule has 0 N–H and O–H groups in total. The van der Waals surface area contributed by atoms with Crippen molar-refractivity contribution in [3.63, 3.8) is 0 Å². The predicted octanol–water partition coefficient (Wildman–Crippen LogP) is 5.40. The number of benzene rings is 2. The molecule has 0 radical (unpaired) electrons. The Morgan fingerprint density at radius 1 is 1.15 bits per heavy atom. The van der Waals surface area contributed by atoms with E-state index in [1.54, 1.807) is 0 Å². The Balaban J connectivity index is 2.33. The van der Waals surface area contributed by atoms with Gasteiger partial charge in [-0.25, -0.2) is 4.98 Å². The third-order valence-electron chi connectivity index (χ3n) is 3.29. The number of rotatable bonds is 2. The number of halogens is 2. The molecule has 0 amide bonds. The number of imidazole rings is 1. The predicted molar refractivity (Wildman–Crippen MR) is 87.8 cm³/mol. The summed E-state index contributed by atoms with van der Waals surface area (Å²) in [5.74, 6) is 0.864. The minimum Gasteiger partial charge on any atom is -0.295 e. The van der Waals surface area contributed by atoms with Crippen LogP contribution in [0.2, 0.25) is 0 Å². The largest absolute Gasteiger partial charge is 0.295 e. The van der Waals surface area contributed by atoms with E-state index in [-0.39, 0.29) is 5.38 Å². The third-order valence-corrected chi connectivity index (χ3v) is 3.98. The molecule has 0 saturated carbocycles. The van der Waals surface area contributed by atoms with E-state index in [1.165, 1.54) is 5.56 Å². The van der Waals surface area contributed by atoms with Crippen LogP contribution >= 0.6 is 27.5 Å². The Morgan fingerprint density at radius 3 is 2.50 bits per heavy atom. The maximum absolute atomic E-state index is 6.31. The first-order chi connectivity index (χ1) is 9.56. The third kappa shape index (κ3) is 2.36. The maximum atomic E-state index is 6.31. The molecule has 2 aromatic carbocycles. The van der Waals surface area contributed by atoms with Crippen LogP contribution < -0.4 is 0 Å². The second kappa shape index (κ2) is 5.23. The lowest BCUT2D eigenvalue weighted by atomic mass is 10.2. The van der Waals surface area contributed by atoms with Crippen molar-refractivity contribution >= 4 is 38.6 Å². The van der Waals surface area contributed by atoms with Crippen LogP contribution in [0.25, 0.3) is 16.7 Å². The highest BCUT2D eigenvalue weighted by Gasteiger charge is 2.16. The van der Waals surface area contributed by atoms with Gasteiger partial charge in [0.05, 0.1) is 16.4 Å². The van der Waals surface area contributed by atoms with Gasteiger partial charge in [-0.2, -0.15) is 0 Å². The first-order valence-electron chi connectivity index (χ1n) is 6.45. The van der Waals surface area contributed by atoms with Crippen molar-refractivity contribution < 1.29 is 0 Å². The number of aryl methyl sites for hydroxylation is 1. The lowest BCUT2D eigenvalue weighted by Crippen LogP contribution is -2.01. The molecule has 0 bridgehead atoms. The van der Waals surface area contributed by atoms with Crippen molar-refractivity contribution in [2.75, 3.05) is 0 Å². The van der Waals surface area contributed by atoms with Crippen LogP contribution in [-0.4, -0.2) is 9.55 Å². The lowest BCUT2D eigenvalue weighted by molar-refractivity contribution is 0.882. The molecule has 0 saturated heterocycles. The highest BCUT2D eigenvalue weighted by Crippen LogP contribution is 2.29. The van der Waals surface area contributed by atoms with E-state index in [9.17, 15) is 0 Å².